The van der Waals surface area contributed by atoms with E-state index in [9.17, 15) is 4.79 Å². The molecule has 5 heteroatoms. The third-order valence-electron chi connectivity index (χ3n) is 3.62. The first-order valence-electron chi connectivity index (χ1n) is 7.46. The Bertz CT molecular complexity index is 447. The van der Waals surface area contributed by atoms with Gasteiger partial charge in [-0.1, -0.05) is 0 Å². The smallest absolute Gasteiger partial charge is 0.254 e. The number of benzene rings is 1. The average Bonchev–Trinajstić information content (AvgIpc) is 2.52. The summed E-state index contributed by atoms with van der Waals surface area (Å²) >= 11 is 0. The number of hydrogen-bond donors (Lipinski definition) is 1. The highest BCUT2D eigenvalue weighted by Gasteiger charge is 2.23. The third-order valence-corrected chi connectivity index (χ3v) is 3.62. The minimum absolute atomic E-state index is 0.0925. The summed E-state index contributed by atoms with van der Waals surface area (Å²) in [5.41, 5.74) is 0.716. The second-order valence-corrected chi connectivity index (χ2v) is 5.27. The van der Waals surface area contributed by atoms with Crippen LogP contribution in [0.15, 0.2) is 24.3 Å². The summed E-state index contributed by atoms with van der Waals surface area (Å²) in [7, 11) is 1.68. The van der Waals surface area contributed by atoms with Gasteiger partial charge in [0.05, 0.1) is 6.61 Å². The molecule has 0 spiro atoms. The lowest BCUT2D eigenvalue weighted by Gasteiger charge is -2.34. The van der Waals surface area contributed by atoms with Crippen molar-refractivity contribution >= 4 is 5.91 Å². The number of piperazine rings is 1. The maximum absolute atomic E-state index is 12.5. The van der Waals surface area contributed by atoms with Crippen LogP contribution in [0.1, 0.15) is 23.7 Å². The molecule has 1 aromatic carbocycles. The second-order valence-electron chi connectivity index (χ2n) is 5.27. The van der Waals surface area contributed by atoms with E-state index < -0.39 is 0 Å². The number of hydrogen-bond acceptors (Lipinski definition) is 4. The second kappa shape index (κ2) is 8.00. The van der Waals surface area contributed by atoms with E-state index in [1.807, 2.05) is 29.2 Å². The van der Waals surface area contributed by atoms with Crippen molar-refractivity contribution in [2.24, 2.45) is 0 Å². The van der Waals surface area contributed by atoms with Crippen LogP contribution in [0.25, 0.3) is 0 Å². The fourth-order valence-corrected chi connectivity index (χ4v) is 2.40. The lowest BCUT2D eigenvalue weighted by Crippen LogP contribution is -2.52. The van der Waals surface area contributed by atoms with Crippen molar-refractivity contribution in [3.63, 3.8) is 0 Å². The molecule has 21 heavy (non-hydrogen) atoms. The summed E-state index contributed by atoms with van der Waals surface area (Å²) in [6.07, 6.45) is 0.857. The number of carbonyl (C=O) groups is 1. The Kier molecular flexibility index (Phi) is 6.02. The van der Waals surface area contributed by atoms with Crippen LogP contribution in [-0.4, -0.2) is 56.8 Å². The first-order valence-corrected chi connectivity index (χ1v) is 7.46. The Hall–Kier alpha value is -1.59. The number of rotatable bonds is 6. The van der Waals surface area contributed by atoms with Crippen LogP contribution in [0.2, 0.25) is 0 Å². The summed E-state index contributed by atoms with van der Waals surface area (Å²) in [6, 6.07) is 7.61. The molecule has 1 aliphatic heterocycles. The van der Waals surface area contributed by atoms with E-state index >= 15 is 0 Å². The SMILES string of the molecule is COCCCOc1ccc(C(=O)N2CCNCC2C)cc1. The molecule has 1 saturated heterocycles. The minimum atomic E-state index is 0.0925. The average molecular weight is 292 g/mol. The molecule has 0 bridgehead atoms. The van der Waals surface area contributed by atoms with Crippen molar-refractivity contribution in [3.8, 4) is 5.75 Å². The van der Waals surface area contributed by atoms with Gasteiger partial charge in [-0.05, 0) is 31.2 Å². The Morgan fingerprint density at radius 2 is 2.10 bits per heavy atom. The summed E-state index contributed by atoms with van der Waals surface area (Å²) < 4.78 is 10.6. The van der Waals surface area contributed by atoms with Gasteiger partial charge in [0.25, 0.3) is 5.91 Å². The van der Waals surface area contributed by atoms with E-state index in [0.717, 1.165) is 31.8 Å². The largest absolute Gasteiger partial charge is 0.494 e. The van der Waals surface area contributed by atoms with Gasteiger partial charge < -0.3 is 19.7 Å². The Morgan fingerprint density at radius 1 is 1.33 bits per heavy atom. The molecule has 1 atom stereocenters. The van der Waals surface area contributed by atoms with Crippen LogP contribution in [-0.2, 0) is 4.74 Å². The molecule has 1 fully saturated rings. The number of ether oxygens (including phenoxy) is 2. The van der Waals surface area contributed by atoms with Crippen molar-refractivity contribution in [2.45, 2.75) is 19.4 Å². The molecule has 1 unspecified atom stereocenters. The van der Waals surface area contributed by atoms with Crippen molar-refractivity contribution < 1.29 is 14.3 Å². The molecule has 1 aliphatic rings. The molecule has 0 aliphatic carbocycles. The zero-order chi connectivity index (χ0) is 15.1. The molecule has 2 rings (SSSR count). The van der Waals surface area contributed by atoms with E-state index in [0.29, 0.717) is 18.8 Å². The van der Waals surface area contributed by atoms with Crippen LogP contribution >= 0.6 is 0 Å². The van der Waals surface area contributed by atoms with Gasteiger partial charge >= 0.3 is 0 Å². The summed E-state index contributed by atoms with van der Waals surface area (Å²) in [5, 5.41) is 3.29. The predicted molar refractivity (Wildman–Crippen MR) is 81.8 cm³/mol. The van der Waals surface area contributed by atoms with Crippen LogP contribution in [0, 0.1) is 0 Å². The molecule has 1 N–H and O–H groups in total. The lowest BCUT2D eigenvalue weighted by atomic mass is 10.1. The fourth-order valence-electron chi connectivity index (χ4n) is 2.40. The van der Waals surface area contributed by atoms with E-state index in [4.69, 9.17) is 9.47 Å². The molecular weight excluding hydrogens is 268 g/mol. The number of nitrogens with one attached hydrogen (secondary N) is 1. The van der Waals surface area contributed by atoms with Crippen LogP contribution < -0.4 is 10.1 Å². The van der Waals surface area contributed by atoms with Gasteiger partial charge in [-0.3, -0.25) is 4.79 Å². The zero-order valence-electron chi connectivity index (χ0n) is 12.8. The maximum atomic E-state index is 12.5. The number of methoxy groups -OCH3 is 1. The molecule has 0 saturated carbocycles. The highest BCUT2D eigenvalue weighted by Crippen LogP contribution is 2.15. The van der Waals surface area contributed by atoms with E-state index in [1.54, 1.807) is 7.11 Å². The standard InChI is InChI=1S/C16H24N2O3/c1-13-12-17-8-9-18(13)16(19)14-4-6-15(7-5-14)21-11-3-10-20-2/h4-7,13,17H,3,8-12H2,1-2H3. The van der Waals surface area contributed by atoms with Gasteiger partial charge in [-0.15, -0.1) is 0 Å². The van der Waals surface area contributed by atoms with Gasteiger partial charge in [0.1, 0.15) is 5.75 Å². The number of nitrogens with zero attached hydrogens (tertiary/aromatic N) is 1. The highest BCUT2D eigenvalue weighted by molar-refractivity contribution is 5.94. The molecule has 1 aromatic rings. The quantitative estimate of drug-likeness (QED) is 0.808. The predicted octanol–water partition coefficient (Wildman–Crippen LogP) is 1.54. The highest BCUT2D eigenvalue weighted by atomic mass is 16.5. The topological polar surface area (TPSA) is 50.8 Å². The third kappa shape index (κ3) is 4.44. The molecule has 0 aromatic heterocycles. The number of carbonyl (C=O) groups excluding carboxylic acids is 1. The maximum Gasteiger partial charge on any atom is 0.254 e. The van der Waals surface area contributed by atoms with E-state index in [2.05, 4.69) is 12.2 Å². The normalized spacial score (nSPS) is 18.6. The van der Waals surface area contributed by atoms with Crippen LogP contribution in [0.5, 0.6) is 5.75 Å². The summed E-state index contributed by atoms with van der Waals surface area (Å²) in [5.74, 6) is 0.881. The van der Waals surface area contributed by atoms with E-state index in [1.165, 1.54) is 0 Å². The molecule has 5 nitrogen and oxygen atoms in total. The monoisotopic (exact) mass is 292 g/mol. The van der Waals surface area contributed by atoms with Crippen molar-refractivity contribution in [1.82, 2.24) is 10.2 Å². The number of amides is 1. The summed E-state index contributed by atoms with van der Waals surface area (Å²) in [4.78, 5) is 14.4. The molecule has 116 valence electrons. The molecule has 1 heterocycles. The Morgan fingerprint density at radius 3 is 2.76 bits per heavy atom. The van der Waals surface area contributed by atoms with Crippen molar-refractivity contribution in [2.75, 3.05) is 40.0 Å². The Labute approximate surface area is 126 Å². The lowest BCUT2D eigenvalue weighted by molar-refractivity contribution is 0.0655. The van der Waals surface area contributed by atoms with Gasteiger partial charge in [0, 0.05) is 51.4 Å². The van der Waals surface area contributed by atoms with Gasteiger partial charge in [0.2, 0.25) is 0 Å². The minimum Gasteiger partial charge on any atom is -0.494 e. The first-order chi connectivity index (χ1) is 10.2. The van der Waals surface area contributed by atoms with Gasteiger partial charge in [0.15, 0.2) is 0 Å². The van der Waals surface area contributed by atoms with E-state index in [-0.39, 0.29) is 11.9 Å². The van der Waals surface area contributed by atoms with Crippen molar-refractivity contribution in [1.29, 1.82) is 0 Å². The molecule has 1 amide bonds. The van der Waals surface area contributed by atoms with Crippen LogP contribution in [0.4, 0.5) is 0 Å². The molecule has 0 radical (unpaired) electrons. The molecular formula is C16H24N2O3. The Balaban J connectivity index is 1.90. The van der Waals surface area contributed by atoms with Crippen molar-refractivity contribution in [3.05, 3.63) is 29.8 Å². The van der Waals surface area contributed by atoms with Gasteiger partial charge in [-0.2, -0.15) is 0 Å². The fraction of sp³-hybridized carbons (Fsp3) is 0.562. The van der Waals surface area contributed by atoms with Crippen LogP contribution in [0.3, 0.4) is 0 Å². The zero-order valence-corrected chi connectivity index (χ0v) is 12.8. The first kappa shape index (κ1) is 15.8. The van der Waals surface area contributed by atoms with Gasteiger partial charge in [-0.25, -0.2) is 0 Å². The summed E-state index contributed by atoms with van der Waals surface area (Å²) in [6.45, 7) is 5.85.